The van der Waals surface area contributed by atoms with E-state index in [0.717, 1.165) is 48.6 Å². The molecule has 0 radical (unpaired) electrons. The van der Waals surface area contributed by atoms with Crippen molar-refractivity contribution in [3.8, 4) is 11.5 Å². The molecule has 1 fully saturated rings. The number of carbonyl (C=O) groups is 2. The molecular formula is C27H29N3O4S. The Morgan fingerprint density at radius 1 is 1.06 bits per heavy atom. The number of nitrogens with one attached hydrogen (secondary N) is 1. The first-order valence-corrected chi connectivity index (χ1v) is 12.7. The molecule has 0 bridgehead atoms. The van der Waals surface area contributed by atoms with E-state index in [1.807, 2.05) is 36.4 Å². The van der Waals surface area contributed by atoms with Crippen LogP contribution in [0.3, 0.4) is 0 Å². The third-order valence-corrected chi connectivity index (χ3v) is 7.59. The second kappa shape index (κ2) is 10.1. The molecule has 0 saturated carbocycles. The fraction of sp³-hybridized carbons (Fsp3) is 0.333. The van der Waals surface area contributed by atoms with Crippen molar-refractivity contribution in [2.24, 2.45) is 0 Å². The van der Waals surface area contributed by atoms with Crippen molar-refractivity contribution in [1.82, 2.24) is 4.90 Å². The van der Waals surface area contributed by atoms with Crippen LogP contribution in [0.1, 0.15) is 34.9 Å². The maximum Gasteiger partial charge on any atom is 0.238 e. The SMILES string of the molecule is COc1cc2c(cc1OC)C(c1cccs1)N(CC(=O)Nc1ccc(N3CCCC3=O)cc1)CC2. The lowest BCUT2D eigenvalue weighted by molar-refractivity contribution is -0.118. The Labute approximate surface area is 209 Å². The first-order chi connectivity index (χ1) is 17.1. The van der Waals surface area contributed by atoms with Gasteiger partial charge >= 0.3 is 0 Å². The second-order valence-corrected chi connectivity index (χ2v) is 9.77. The Kier molecular flexibility index (Phi) is 6.74. The monoisotopic (exact) mass is 491 g/mol. The molecule has 2 aliphatic rings. The molecule has 1 unspecified atom stereocenters. The molecule has 35 heavy (non-hydrogen) atoms. The number of rotatable bonds is 7. The number of ether oxygens (including phenoxy) is 2. The van der Waals surface area contributed by atoms with Gasteiger partial charge in [-0.2, -0.15) is 0 Å². The van der Waals surface area contributed by atoms with E-state index in [-0.39, 0.29) is 24.4 Å². The second-order valence-electron chi connectivity index (χ2n) is 8.79. The first kappa shape index (κ1) is 23.4. The van der Waals surface area contributed by atoms with E-state index < -0.39 is 0 Å². The van der Waals surface area contributed by atoms with Crippen molar-refractivity contribution in [3.05, 3.63) is 69.9 Å². The molecule has 5 rings (SSSR count). The van der Waals surface area contributed by atoms with Gasteiger partial charge in [0.1, 0.15) is 0 Å². The van der Waals surface area contributed by atoms with E-state index in [0.29, 0.717) is 12.2 Å². The molecule has 182 valence electrons. The van der Waals surface area contributed by atoms with Gasteiger partial charge < -0.3 is 19.7 Å². The Morgan fingerprint density at radius 3 is 2.49 bits per heavy atom. The minimum atomic E-state index is -0.0690. The molecule has 1 saturated heterocycles. The molecule has 1 atom stereocenters. The highest BCUT2D eigenvalue weighted by Crippen LogP contribution is 2.42. The minimum absolute atomic E-state index is 0.0344. The zero-order valence-corrected chi connectivity index (χ0v) is 20.8. The topological polar surface area (TPSA) is 71.1 Å². The van der Waals surface area contributed by atoms with Gasteiger partial charge in [-0.3, -0.25) is 14.5 Å². The highest BCUT2D eigenvalue weighted by atomic mass is 32.1. The van der Waals surface area contributed by atoms with Gasteiger partial charge in [-0.15, -0.1) is 11.3 Å². The summed E-state index contributed by atoms with van der Waals surface area (Å²) in [5, 5.41) is 5.09. The van der Waals surface area contributed by atoms with Crippen LogP contribution in [0.15, 0.2) is 53.9 Å². The number of thiophene rings is 1. The highest BCUT2D eigenvalue weighted by Gasteiger charge is 2.32. The van der Waals surface area contributed by atoms with Gasteiger partial charge in [0.2, 0.25) is 11.8 Å². The molecule has 0 aliphatic carbocycles. The molecular weight excluding hydrogens is 462 g/mol. The van der Waals surface area contributed by atoms with Gasteiger partial charge in [0.15, 0.2) is 11.5 Å². The molecule has 3 aromatic rings. The van der Waals surface area contributed by atoms with Crippen molar-refractivity contribution in [2.75, 3.05) is 44.1 Å². The normalized spacial score (nSPS) is 17.8. The van der Waals surface area contributed by atoms with Crippen LogP contribution < -0.4 is 19.7 Å². The van der Waals surface area contributed by atoms with Gasteiger partial charge in [0.25, 0.3) is 0 Å². The summed E-state index contributed by atoms with van der Waals surface area (Å²) in [7, 11) is 3.29. The summed E-state index contributed by atoms with van der Waals surface area (Å²) in [6.07, 6.45) is 2.31. The Hall–Kier alpha value is -3.36. The number of hydrogen-bond donors (Lipinski definition) is 1. The van der Waals surface area contributed by atoms with Crippen LogP contribution in [0.25, 0.3) is 0 Å². The quantitative estimate of drug-likeness (QED) is 0.528. The van der Waals surface area contributed by atoms with Crippen molar-refractivity contribution in [3.63, 3.8) is 0 Å². The molecule has 2 aromatic carbocycles. The van der Waals surface area contributed by atoms with Gasteiger partial charge in [-0.1, -0.05) is 6.07 Å². The third-order valence-electron chi connectivity index (χ3n) is 6.67. The van der Waals surface area contributed by atoms with E-state index in [1.54, 1.807) is 30.5 Å². The number of carbonyl (C=O) groups excluding carboxylic acids is 2. The van der Waals surface area contributed by atoms with Crippen LogP contribution >= 0.6 is 11.3 Å². The van der Waals surface area contributed by atoms with Crippen molar-refractivity contribution >= 4 is 34.5 Å². The lowest BCUT2D eigenvalue weighted by atomic mass is 9.91. The van der Waals surface area contributed by atoms with Crippen LogP contribution in [-0.2, 0) is 16.0 Å². The molecule has 2 aliphatic heterocycles. The minimum Gasteiger partial charge on any atom is -0.493 e. The number of hydrogen-bond acceptors (Lipinski definition) is 6. The lowest BCUT2D eigenvalue weighted by Crippen LogP contribution is -2.40. The molecule has 1 aromatic heterocycles. The third kappa shape index (κ3) is 4.76. The summed E-state index contributed by atoms with van der Waals surface area (Å²) in [6.45, 7) is 1.78. The van der Waals surface area contributed by atoms with E-state index in [4.69, 9.17) is 9.47 Å². The number of benzene rings is 2. The van der Waals surface area contributed by atoms with E-state index >= 15 is 0 Å². The molecule has 0 spiro atoms. The standard InChI is InChI=1S/C27H29N3O4S/c1-33-22-15-18-11-13-29(27(24-5-4-14-35-24)21(18)16-23(22)34-2)17-25(31)28-19-7-9-20(10-8-19)30-12-3-6-26(30)32/h4-5,7-10,14-16,27H,3,6,11-13,17H2,1-2H3,(H,28,31). The van der Waals surface area contributed by atoms with Crippen LogP contribution in [-0.4, -0.2) is 50.6 Å². The van der Waals surface area contributed by atoms with E-state index in [1.165, 1.54) is 10.4 Å². The zero-order chi connectivity index (χ0) is 24.4. The maximum absolute atomic E-state index is 13.1. The predicted octanol–water partition coefficient (Wildman–Crippen LogP) is 4.48. The van der Waals surface area contributed by atoms with Gasteiger partial charge in [-0.25, -0.2) is 0 Å². The smallest absolute Gasteiger partial charge is 0.238 e. The predicted molar refractivity (Wildman–Crippen MR) is 138 cm³/mol. The fourth-order valence-corrected chi connectivity index (χ4v) is 5.86. The van der Waals surface area contributed by atoms with Crippen molar-refractivity contribution < 1.29 is 19.1 Å². The molecule has 1 N–H and O–H groups in total. The fourth-order valence-electron chi connectivity index (χ4n) is 4.98. The Bertz CT molecular complexity index is 1210. The van der Waals surface area contributed by atoms with E-state index in [9.17, 15) is 9.59 Å². The van der Waals surface area contributed by atoms with Gasteiger partial charge in [-0.05, 0) is 71.8 Å². The molecule has 3 heterocycles. The average molecular weight is 492 g/mol. The number of methoxy groups -OCH3 is 2. The summed E-state index contributed by atoms with van der Waals surface area (Å²) in [5.74, 6) is 1.50. The summed E-state index contributed by atoms with van der Waals surface area (Å²) in [5.41, 5.74) is 3.95. The largest absolute Gasteiger partial charge is 0.493 e. The number of anilines is 2. The zero-order valence-electron chi connectivity index (χ0n) is 20.0. The first-order valence-electron chi connectivity index (χ1n) is 11.8. The van der Waals surface area contributed by atoms with E-state index in [2.05, 4.69) is 27.7 Å². The Morgan fingerprint density at radius 2 is 1.83 bits per heavy atom. The van der Waals surface area contributed by atoms with Gasteiger partial charge in [0.05, 0.1) is 26.8 Å². The summed E-state index contributed by atoms with van der Waals surface area (Å²) >= 11 is 1.69. The summed E-state index contributed by atoms with van der Waals surface area (Å²) in [4.78, 5) is 30.3. The Balaban J connectivity index is 1.34. The van der Waals surface area contributed by atoms with Crippen molar-refractivity contribution in [1.29, 1.82) is 0 Å². The highest BCUT2D eigenvalue weighted by molar-refractivity contribution is 7.10. The molecule has 2 amide bonds. The number of amides is 2. The average Bonchev–Trinajstić information content (AvgIpc) is 3.55. The lowest BCUT2D eigenvalue weighted by Gasteiger charge is -2.37. The van der Waals surface area contributed by atoms with Gasteiger partial charge in [0, 0.05) is 35.8 Å². The van der Waals surface area contributed by atoms with Crippen LogP contribution in [0.2, 0.25) is 0 Å². The maximum atomic E-state index is 13.1. The number of fused-ring (bicyclic) bond motifs is 1. The van der Waals surface area contributed by atoms with Crippen LogP contribution in [0.4, 0.5) is 11.4 Å². The summed E-state index contributed by atoms with van der Waals surface area (Å²) < 4.78 is 11.1. The molecule has 7 nitrogen and oxygen atoms in total. The van der Waals surface area contributed by atoms with Crippen LogP contribution in [0.5, 0.6) is 11.5 Å². The van der Waals surface area contributed by atoms with Crippen molar-refractivity contribution in [2.45, 2.75) is 25.3 Å². The van der Waals surface area contributed by atoms with Crippen LogP contribution in [0, 0.1) is 0 Å². The number of nitrogens with zero attached hydrogens (tertiary/aromatic N) is 2. The summed E-state index contributed by atoms with van der Waals surface area (Å²) in [6, 6.07) is 15.7. The molecule has 8 heteroatoms.